The number of hydrogen-bond acceptors (Lipinski definition) is 3. The second-order valence-electron chi connectivity index (χ2n) is 3.77. The number of carbonyl (C=O) groups is 2. The van der Waals surface area contributed by atoms with Crippen molar-refractivity contribution in [2.24, 2.45) is 0 Å². The lowest BCUT2D eigenvalue weighted by molar-refractivity contribution is -0.136. The van der Waals surface area contributed by atoms with E-state index >= 15 is 0 Å². The molecule has 0 aromatic heterocycles. The molecule has 0 heterocycles. The number of benzene rings is 1. The Bertz CT molecular complexity index is 401. The molecule has 0 saturated carbocycles. The highest BCUT2D eigenvalue weighted by Gasteiger charge is 2.09. The molecule has 92 valence electrons. The van der Waals surface area contributed by atoms with Crippen LogP contribution in [-0.2, 0) is 16.0 Å². The van der Waals surface area contributed by atoms with E-state index in [1.54, 1.807) is 38.2 Å². The summed E-state index contributed by atoms with van der Waals surface area (Å²) in [5.74, 6) is -0.996. The molecule has 0 fully saturated rings. The van der Waals surface area contributed by atoms with Crippen molar-refractivity contribution in [1.82, 2.24) is 5.32 Å². The molecule has 1 rings (SSSR count). The lowest BCUT2D eigenvalue weighted by Crippen LogP contribution is -2.35. The molecular formula is C12H16N2O3. The van der Waals surface area contributed by atoms with E-state index in [2.05, 4.69) is 10.6 Å². The molecule has 1 amide bonds. The molecule has 0 aliphatic rings. The number of rotatable bonds is 5. The second kappa shape index (κ2) is 6.00. The second-order valence-corrected chi connectivity index (χ2v) is 3.77. The van der Waals surface area contributed by atoms with Crippen molar-refractivity contribution >= 4 is 17.6 Å². The summed E-state index contributed by atoms with van der Waals surface area (Å²) in [4.78, 5) is 22.0. The number of hydrogen-bond donors (Lipinski definition) is 3. The molecule has 1 aromatic rings. The fourth-order valence-corrected chi connectivity index (χ4v) is 1.26. The van der Waals surface area contributed by atoms with Gasteiger partial charge in [0.2, 0.25) is 5.91 Å². The molecule has 1 aromatic carbocycles. The summed E-state index contributed by atoms with van der Waals surface area (Å²) in [6.45, 7) is 1.76. The Morgan fingerprint density at radius 3 is 2.35 bits per heavy atom. The van der Waals surface area contributed by atoms with Gasteiger partial charge in [0.15, 0.2) is 0 Å². The molecular weight excluding hydrogens is 220 g/mol. The van der Waals surface area contributed by atoms with Gasteiger partial charge < -0.3 is 15.7 Å². The van der Waals surface area contributed by atoms with Gasteiger partial charge in [-0.25, -0.2) is 0 Å². The average molecular weight is 236 g/mol. The van der Waals surface area contributed by atoms with Crippen molar-refractivity contribution in [1.29, 1.82) is 0 Å². The van der Waals surface area contributed by atoms with Crippen LogP contribution < -0.4 is 10.6 Å². The first-order chi connectivity index (χ1) is 8.02. The van der Waals surface area contributed by atoms with Crippen molar-refractivity contribution in [3.05, 3.63) is 29.8 Å². The molecule has 3 N–H and O–H groups in total. The summed E-state index contributed by atoms with van der Waals surface area (Å²) in [6, 6.07) is 6.49. The zero-order valence-electron chi connectivity index (χ0n) is 9.86. The Morgan fingerprint density at radius 2 is 1.88 bits per heavy atom. The molecule has 0 aliphatic heterocycles. The van der Waals surface area contributed by atoms with Crippen LogP contribution in [0, 0.1) is 0 Å². The molecule has 0 bridgehead atoms. The Hall–Kier alpha value is -1.88. The van der Waals surface area contributed by atoms with E-state index < -0.39 is 5.97 Å². The third-order valence-corrected chi connectivity index (χ3v) is 2.40. The topological polar surface area (TPSA) is 78.4 Å². The highest BCUT2D eigenvalue weighted by molar-refractivity contribution is 5.94. The third-order valence-electron chi connectivity index (χ3n) is 2.40. The Balaban J connectivity index is 2.62. The van der Waals surface area contributed by atoms with Crippen molar-refractivity contribution in [3.63, 3.8) is 0 Å². The Kier molecular flexibility index (Phi) is 4.66. The summed E-state index contributed by atoms with van der Waals surface area (Å²) in [5.41, 5.74) is 1.36. The van der Waals surface area contributed by atoms with Crippen LogP contribution in [0.5, 0.6) is 0 Å². The molecule has 0 radical (unpaired) electrons. The SMILES string of the molecule is CNC(C)C(=O)Nc1ccc(CC(=O)O)cc1. The minimum Gasteiger partial charge on any atom is -0.481 e. The van der Waals surface area contributed by atoms with Crippen molar-refractivity contribution in [2.75, 3.05) is 12.4 Å². The van der Waals surface area contributed by atoms with Gasteiger partial charge in [-0.2, -0.15) is 0 Å². The maximum absolute atomic E-state index is 11.5. The molecule has 0 saturated heterocycles. The first-order valence-electron chi connectivity index (χ1n) is 5.32. The minimum absolute atomic E-state index is 0.0128. The molecule has 5 heteroatoms. The Labute approximate surface area is 99.8 Å². The van der Waals surface area contributed by atoms with Crippen LogP contribution in [0.3, 0.4) is 0 Å². The van der Waals surface area contributed by atoms with E-state index in [0.717, 1.165) is 0 Å². The fourth-order valence-electron chi connectivity index (χ4n) is 1.26. The smallest absolute Gasteiger partial charge is 0.307 e. The first kappa shape index (κ1) is 13.2. The van der Waals surface area contributed by atoms with Gasteiger partial charge in [-0.15, -0.1) is 0 Å². The Morgan fingerprint density at radius 1 is 1.29 bits per heavy atom. The fraction of sp³-hybridized carbons (Fsp3) is 0.333. The van der Waals surface area contributed by atoms with Crippen LogP contribution in [0.1, 0.15) is 12.5 Å². The number of anilines is 1. The lowest BCUT2D eigenvalue weighted by Gasteiger charge is -2.11. The van der Waals surface area contributed by atoms with Crippen LogP contribution in [0.25, 0.3) is 0 Å². The molecule has 17 heavy (non-hydrogen) atoms. The van der Waals surface area contributed by atoms with Crippen LogP contribution in [0.4, 0.5) is 5.69 Å². The largest absolute Gasteiger partial charge is 0.481 e. The number of nitrogens with one attached hydrogen (secondary N) is 2. The summed E-state index contributed by atoms with van der Waals surface area (Å²) in [7, 11) is 1.71. The molecule has 1 unspecified atom stereocenters. The van der Waals surface area contributed by atoms with E-state index in [1.165, 1.54) is 0 Å². The van der Waals surface area contributed by atoms with Gasteiger partial charge in [-0.1, -0.05) is 12.1 Å². The summed E-state index contributed by atoms with van der Waals surface area (Å²) in [6.07, 6.45) is -0.0128. The molecule has 0 aliphatic carbocycles. The summed E-state index contributed by atoms with van der Waals surface area (Å²) in [5, 5.41) is 14.2. The van der Waals surface area contributed by atoms with Crippen molar-refractivity contribution in [2.45, 2.75) is 19.4 Å². The number of likely N-dealkylation sites (N-methyl/N-ethyl adjacent to an activating group) is 1. The van der Waals surface area contributed by atoms with Crippen LogP contribution >= 0.6 is 0 Å². The zero-order chi connectivity index (χ0) is 12.8. The maximum Gasteiger partial charge on any atom is 0.307 e. The molecule has 1 atom stereocenters. The maximum atomic E-state index is 11.5. The summed E-state index contributed by atoms with van der Waals surface area (Å²) >= 11 is 0. The normalized spacial score (nSPS) is 11.9. The number of carboxylic acids is 1. The van der Waals surface area contributed by atoms with Crippen LogP contribution in [0.15, 0.2) is 24.3 Å². The standard InChI is InChI=1S/C12H16N2O3/c1-8(13-2)12(17)14-10-5-3-9(4-6-10)7-11(15)16/h3-6,8,13H,7H2,1-2H3,(H,14,17)(H,15,16). The quantitative estimate of drug-likeness (QED) is 0.708. The first-order valence-corrected chi connectivity index (χ1v) is 5.32. The van der Waals surface area contributed by atoms with Crippen LogP contribution in [0.2, 0.25) is 0 Å². The monoisotopic (exact) mass is 236 g/mol. The predicted molar refractivity (Wildman–Crippen MR) is 64.9 cm³/mol. The lowest BCUT2D eigenvalue weighted by atomic mass is 10.1. The number of carbonyl (C=O) groups excluding carboxylic acids is 1. The van der Waals surface area contributed by atoms with Gasteiger partial charge in [0.25, 0.3) is 0 Å². The zero-order valence-corrected chi connectivity index (χ0v) is 9.86. The van der Waals surface area contributed by atoms with E-state index in [0.29, 0.717) is 11.3 Å². The van der Waals surface area contributed by atoms with Crippen molar-refractivity contribution in [3.8, 4) is 0 Å². The highest BCUT2D eigenvalue weighted by atomic mass is 16.4. The molecule has 5 nitrogen and oxygen atoms in total. The van der Waals surface area contributed by atoms with Gasteiger partial charge in [0.1, 0.15) is 0 Å². The number of amides is 1. The van der Waals surface area contributed by atoms with Crippen molar-refractivity contribution < 1.29 is 14.7 Å². The average Bonchev–Trinajstić information content (AvgIpc) is 2.30. The van der Waals surface area contributed by atoms with E-state index in [1.807, 2.05) is 0 Å². The highest BCUT2D eigenvalue weighted by Crippen LogP contribution is 2.10. The van der Waals surface area contributed by atoms with E-state index in [9.17, 15) is 9.59 Å². The predicted octanol–water partition coefficient (Wildman–Crippen LogP) is 0.860. The summed E-state index contributed by atoms with van der Waals surface area (Å²) < 4.78 is 0. The van der Waals surface area contributed by atoms with Crippen LogP contribution in [-0.4, -0.2) is 30.1 Å². The van der Waals surface area contributed by atoms with E-state index in [4.69, 9.17) is 5.11 Å². The van der Waals surface area contributed by atoms with Gasteiger partial charge in [0.05, 0.1) is 12.5 Å². The molecule has 0 spiro atoms. The number of carboxylic acid groups (broad SMARTS) is 1. The number of aliphatic carboxylic acids is 1. The third kappa shape index (κ3) is 4.24. The van der Waals surface area contributed by atoms with Gasteiger partial charge >= 0.3 is 5.97 Å². The van der Waals surface area contributed by atoms with E-state index in [-0.39, 0.29) is 18.4 Å². The van der Waals surface area contributed by atoms with Gasteiger partial charge in [-0.05, 0) is 31.7 Å². The van der Waals surface area contributed by atoms with Gasteiger partial charge in [-0.3, -0.25) is 9.59 Å². The minimum atomic E-state index is -0.870. The van der Waals surface area contributed by atoms with Gasteiger partial charge in [0, 0.05) is 5.69 Å².